The summed E-state index contributed by atoms with van der Waals surface area (Å²) in [5, 5.41) is 13.7. The molecule has 1 aliphatic carbocycles. The fourth-order valence-electron chi connectivity index (χ4n) is 2.57. The van der Waals surface area contributed by atoms with Crippen molar-refractivity contribution in [2.24, 2.45) is 5.92 Å². The quantitative estimate of drug-likeness (QED) is 0.672. The zero-order valence-corrected chi connectivity index (χ0v) is 13.8. The number of fused-ring (bicyclic) bond motifs is 1. The normalized spacial score (nSPS) is 13.2. The molecule has 1 amide bonds. The number of amides is 1. The number of hydrogen-bond acceptors (Lipinski definition) is 3. The lowest BCUT2D eigenvalue weighted by molar-refractivity contribution is -0.117. The molecular formula is C19H21N3O2. The highest BCUT2D eigenvalue weighted by molar-refractivity contribution is 5.98. The second-order valence-corrected chi connectivity index (χ2v) is 5.58. The number of benzene rings is 1. The van der Waals surface area contributed by atoms with Gasteiger partial charge in [0.05, 0.1) is 0 Å². The molecule has 1 saturated carbocycles. The first-order valence-corrected chi connectivity index (χ1v) is 8.30. The molecule has 0 spiro atoms. The molecule has 5 heteroatoms. The van der Waals surface area contributed by atoms with Crippen LogP contribution in [0, 0.1) is 5.92 Å². The van der Waals surface area contributed by atoms with Crippen molar-refractivity contribution >= 4 is 22.8 Å². The number of hydrogen-bond donors (Lipinski definition) is 3. The number of nitrogens with one attached hydrogen (secondary N) is 2. The van der Waals surface area contributed by atoms with Crippen LogP contribution in [0.4, 0.5) is 5.82 Å². The molecule has 124 valence electrons. The Morgan fingerprint density at radius 2 is 1.92 bits per heavy atom. The number of para-hydroxylation sites is 1. The summed E-state index contributed by atoms with van der Waals surface area (Å²) in [7, 11) is 0. The van der Waals surface area contributed by atoms with E-state index in [-0.39, 0.29) is 17.6 Å². The molecule has 5 nitrogen and oxygen atoms in total. The van der Waals surface area contributed by atoms with Gasteiger partial charge in [0.15, 0.2) is 0 Å². The van der Waals surface area contributed by atoms with E-state index in [1.54, 1.807) is 18.2 Å². The fourth-order valence-corrected chi connectivity index (χ4v) is 2.57. The number of anilines is 1. The Morgan fingerprint density at radius 3 is 2.62 bits per heavy atom. The molecule has 2 aromatic heterocycles. The van der Waals surface area contributed by atoms with Crippen molar-refractivity contribution in [2.75, 3.05) is 5.32 Å². The van der Waals surface area contributed by atoms with Crippen molar-refractivity contribution in [3.05, 3.63) is 42.6 Å². The van der Waals surface area contributed by atoms with Gasteiger partial charge in [-0.25, -0.2) is 4.98 Å². The van der Waals surface area contributed by atoms with Gasteiger partial charge in [0.2, 0.25) is 5.91 Å². The fraction of sp³-hybridized carbons (Fsp3) is 0.263. The van der Waals surface area contributed by atoms with Gasteiger partial charge in [-0.3, -0.25) is 4.79 Å². The topological polar surface area (TPSA) is 78.0 Å². The van der Waals surface area contributed by atoms with Crippen LogP contribution in [0.1, 0.15) is 26.7 Å². The average Bonchev–Trinajstić information content (AvgIpc) is 3.38. The van der Waals surface area contributed by atoms with E-state index >= 15 is 0 Å². The summed E-state index contributed by atoms with van der Waals surface area (Å²) >= 11 is 0. The SMILES string of the molecule is CC.O=C(Nc1ccc2c(-c3ccccc3O)c[nH]c2n1)C1CC1. The van der Waals surface area contributed by atoms with Crippen LogP contribution in [0.25, 0.3) is 22.2 Å². The van der Waals surface area contributed by atoms with E-state index in [1.165, 1.54) is 0 Å². The number of aromatic nitrogens is 2. The Kier molecular flexibility index (Phi) is 4.51. The standard InChI is InChI=1S/C17H15N3O2.C2H6/c21-14-4-2-1-3-11(14)13-9-18-16-12(13)7-8-15(19-16)20-17(22)10-5-6-10;1-2/h1-4,7-10,21H,5-6H2,(H2,18,19,20,22);1-2H3. The molecule has 0 aliphatic heterocycles. The molecule has 0 unspecified atom stereocenters. The molecule has 1 aliphatic rings. The molecule has 0 bridgehead atoms. The number of pyridine rings is 1. The number of nitrogens with zero attached hydrogens (tertiary/aromatic N) is 1. The third-order valence-electron chi connectivity index (χ3n) is 3.93. The number of carbonyl (C=O) groups is 1. The van der Waals surface area contributed by atoms with Gasteiger partial charge >= 0.3 is 0 Å². The highest BCUT2D eigenvalue weighted by atomic mass is 16.3. The Labute approximate surface area is 140 Å². The first-order valence-electron chi connectivity index (χ1n) is 8.30. The summed E-state index contributed by atoms with van der Waals surface area (Å²) < 4.78 is 0. The van der Waals surface area contributed by atoms with Crippen molar-refractivity contribution in [3.8, 4) is 16.9 Å². The summed E-state index contributed by atoms with van der Waals surface area (Å²) in [5.74, 6) is 0.974. The molecular weight excluding hydrogens is 302 g/mol. The largest absolute Gasteiger partial charge is 0.507 e. The van der Waals surface area contributed by atoms with E-state index < -0.39 is 0 Å². The van der Waals surface area contributed by atoms with Gasteiger partial charge in [0, 0.05) is 28.6 Å². The number of phenols is 1. The first kappa shape index (κ1) is 16.1. The van der Waals surface area contributed by atoms with Crippen molar-refractivity contribution in [3.63, 3.8) is 0 Å². The number of phenolic OH excluding ortho intramolecular Hbond substituents is 1. The monoisotopic (exact) mass is 323 g/mol. The van der Waals surface area contributed by atoms with Gasteiger partial charge < -0.3 is 15.4 Å². The van der Waals surface area contributed by atoms with Gasteiger partial charge in [-0.05, 0) is 31.0 Å². The molecule has 1 fully saturated rings. The molecule has 1 aromatic carbocycles. The van der Waals surface area contributed by atoms with Gasteiger partial charge in [-0.15, -0.1) is 0 Å². The maximum absolute atomic E-state index is 11.8. The summed E-state index contributed by atoms with van der Waals surface area (Å²) in [6.45, 7) is 4.00. The zero-order chi connectivity index (χ0) is 17.1. The number of aromatic amines is 1. The zero-order valence-electron chi connectivity index (χ0n) is 13.8. The number of H-pyrrole nitrogens is 1. The first-order chi connectivity index (χ1) is 11.7. The van der Waals surface area contributed by atoms with Crippen molar-refractivity contribution in [1.82, 2.24) is 9.97 Å². The second kappa shape index (κ2) is 6.74. The third-order valence-corrected chi connectivity index (χ3v) is 3.93. The summed E-state index contributed by atoms with van der Waals surface area (Å²) in [4.78, 5) is 19.3. The van der Waals surface area contributed by atoms with Gasteiger partial charge in [0.25, 0.3) is 0 Å². The van der Waals surface area contributed by atoms with Crippen molar-refractivity contribution in [1.29, 1.82) is 0 Å². The summed E-state index contributed by atoms with van der Waals surface area (Å²) in [6, 6.07) is 10.9. The van der Waals surface area contributed by atoms with Crippen LogP contribution in [0.2, 0.25) is 0 Å². The number of aromatic hydroxyl groups is 1. The molecule has 3 aromatic rings. The summed E-state index contributed by atoms with van der Waals surface area (Å²) in [5.41, 5.74) is 2.33. The smallest absolute Gasteiger partial charge is 0.228 e. The van der Waals surface area contributed by atoms with E-state index in [9.17, 15) is 9.90 Å². The highest BCUT2D eigenvalue weighted by Gasteiger charge is 2.29. The summed E-state index contributed by atoms with van der Waals surface area (Å²) in [6.07, 6.45) is 3.75. The lowest BCUT2D eigenvalue weighted by Crippen LogP contribution is -2.14. The molecule has 0 radical (unpaired) electrons. The maximum atomic E-state index is 11.8. The Balaban J connectivity index is 0.000000815. The lowest BCUT2D eigenvalue weighted by atomic mass is 10.1. The van der Waals surface area contributed by atoms with Crippen molar-refractivity contribution in [2.45, 2.75) is 26.7 Å². The molecule has 0 atom stereocenters. The van der Waals surface area contributed by atoms with Gasteiger partial charge in [0.1, 0.15) is 17.2 Å². The van der Waals surface area contributed by atoms with Crippen LogP contribution in [0.5, 0.6) is 5.75 Å². The van der Waals surface area contributed by atoms with Crippen LogP contribution in [0.15, 0.2) is 42.6 Å². The van der Waals surface area contributed by atoms with Crippen molar-refractivity contribution < 1.29 is 9.90 Å². The lowest BCUT2D eigenvalue weighted by Gasteiger charge is -2.04. The van der Waals surface area contributed by atoms with Crippen LogP contribution < -0.4 is 5.32 Å². The molecule has 3 N–H and O–H groups in total. The Bertz CT molecular complexity index is 866. The highest BCUT2D eigenvalue weighted by Crippen LogP contribution is 2.34. The minimum Gasteiger partial charge on any atom is -0.507 e. The Hall–Kier alpha value is -2.82. The minimum absolute atomic E-state index is 0.0410. The Morgan fingerprint density at radius 1 is 1.17 bits per heavy atom. The average molecular weight is 323 g/mol. The van der Waals surface area contributed by atoms with Crippen LogP contribution in [-0.2, 0) is 4.79 Å². The molecule has 2 heterocycles. The predicted octanol–water partition coefficient (Wildman–Crippen LogP) is 4.31. The van der Waals surface area contributed by atoms with E-state index in [2.05, 4.69) is 15.3 Å². The van der Waals surface area contributed by atoms with E-state index in [4.69, 9.17) is 0 Å². The number of rotatable bonds is 3. The van der Waals surface area contributed by atoms with E-state index in [0.29, 0.717) is 11.5 Å². The van der Waals surface area contributed by atoms with Gasteiger partial charge in [-0.1, -0.05) is 32.0 Å². The second-order valence-electron chi connectivity index (χ2n) is 5.58. The maximum Gasteiger partial charge on any atom is 0.228 e. The molecule has 4 rings (SSSR count). The predicted molar refractivity (Wildman–Crippen MR) is 95.9 cm³/mol. The van der Waals surface area contributed by atoms with Crippen LogP contribution >= 0.6 is 0 Å². The number of carbonyl (C=O) groups excluding carboxylic acids is 1. The van der Waals surface area contributed by atoms with Gasteiger partial charge in [-0.2, -0.15) is 0 Å². The molecule has 24 heavy (non-hydrogen) atoms. The third kappa shape index (κ3) is 3.11. The minimum atomic E-state index is 0.0410. The molecule has 0 saturated heterocycles. The van der Waals surface area contributed by atoms with Crippen LogP contribution in [-0.4, -0.2) is 21.0 Å². The van der Waals surface area contributed by atoms with E-state index in [1.807, 2.05) is 38.2 Å². The van der Waals surface area contributed by atoms with E-state index in [0.717, 1.165) is 29.4 Å². The van der Waals surface area contributed by atoms with Crippen LogP contribution in [0.3, 0.4) is 0 Å².